The fraction of sp³-hybridized carbons (Fsp3) is 0.243. The van der Waals surface area contributed by atoms with Crippen molar-refractivity contribution in [1.82, 2.24) is 10.2 Å². The topological polar surface area (TPSA) is 111 Å². The third-order valence-corrected chi connectivity index (χ3v) is 10.4. The maximum absolute atomic E-state index is 13.8. The van der Waals surface area contributed by atoms with E-state index in [4.69, 9.17) is 14.2 Å². The Hall–Kier alpha value is -4.87. The summed E-state index contributed by atoms with van der Waals surface area (Å²) in [7, 11) is 0. The number of aliphatic hydroxyl groups is 1. The van der Waals surface area contributed by atoms with Gasteiger partial charge in [0.2, 0.25) is 5.13 Å². The summed E-state index contributed by atoms with van der Waals surface area (Å²) in [5.41, 5.74) is 2.03. The number of fused-ring (bicyclic) bond motifs is 2. The van der Waals surface area contributed by atoms with Crippen LogP contribution >= 0.6 is 23.1 Å². The number of ketones is 1. The average molecular weight is 680 g/mol. The number of aromatic nitrogens is 2. The predicted octanol–water partition coefficient (Wildman–Crippen LogP) is 7.95. The minimum atomic E-state index is -0.971. The molecule has 7 rings (SSSR count). The summed E-state index contributed by atoms with van der Waals surface area (Å²) in [6, 6.07) is 25.7. The van der Waals surface area contributed by atoms with Gasteiger partial charge in [0.05, 0.1) is 18.2 Å². The Morgan fingerprint density at radius 1 is 0.958 bits per heavy atom. The molecule has 2 aliphatic heterocycles. The monoisotopic (exact) mass is 679 g/mol. The van der Waals surface area contributed by atoms with Crippen molar-refractivity contribution < 1.29 is 28.9 Å². The number of thioether (sulfide) groups is 1. The van der Waals surface area contributed by atoms with Gasteiger partial charge in [-0.2, -0.15) is 0 Å². The number of carbonyl (C=O) groups excluding carboxylic acids is 2. The van der Waals surface area contributed by atoms with Gasteiger partial charge in [-0.15, -0.1) is 10.2 Å². The van der Waals surface area contributed by atoms with Crippen LogP contribution in [0.2, 0.25) is 0 Å². The average Bonchev–Trinajstić information content (AvgIpc) is 3.70. The molecule has 1 amide bonds. The first-order valence-electron chi connectivity index (χ1n) is 15.9. The molecular weight excluding hydrogens is 647 g/mol. The van der Waals surface area contributed by atoms with Crippen molar-refractivity contribution in [2.24, 2.45) is 0 Å². The Bertz CT molecular complexity index is 2020. The molecule has 0 aliphatic carbocycles. The van der Waals surface area contributed by atoms with Crippen LogP contribution in [0.25, 0.3) is 16.5 Å². The molecule has 1 fully saturated rings. The number of ether oxygens (including phenoxy) is 3. The number of nitrogens with zero attached hydrogens (tertiary/aromatic N) is 3. The van der Waals surface area contributed by atoms with Crippen LogP contribution in [0.5, 0.6) is 17.2 Å². The molecule has 0 saturated carbocycles. The number of aliphatic hydroxyl groups excluding tert-OH is 1. The molecule has 1 aromatic heterocycles. The van der Waals surface area contributed by atoms with E-state index in [0.29, 0.717) is 58.3 Å². The Kier molecular flexibility index (Phi) is 9.31. The van der Waals surface area contributed by atoms with E-state index in [1.54, 1.807) is 18.2 Å². The van der Waals surface area contributed by atoms with Gasteiger partial charge < -0.3 is 19.3 Å². The highest BCUT2D eigenvalue weighted by Crippen LogP contribution is 2.45. The first kappa shape index (κ1) is 31.7. The van der Waals surface area contributed by atoms with Crippen molar-refractivity contribution >= 4 is 56.5 Å². The molecule has 4 aromatic carbocycles. The number of unbranched alkanes of at least 4 members (excludes halogenated alkanes) is 2. The predicted molar refractivity (Wildman–Crippen MR) is 187 cm³/mol. The minimum absolute atomic E-state index is 0.0556. The molecule has 3 heterocycles. The Morgan fingerprint density at radius 2 is 1.77 bits per heavy atom. The SMILES string of the molecule is CCCCCOc1cccc(C2C(=C(O)c3ccc4c(c3)OCCO4)C(=O)C(=O)N2c2nnc(SCc3cccc4ccccc34)s2)c1. The number of amides is 1. The van der Waals surface area contributed by atoms with E-state index in [1.165, 1.54) is 33.4 Å². The highest BCUT2D eigenvalue weighted by atomic mass is 32.2. The highest BCUT2D eigenvalue weighted by Gasteiger charge is 2.48. The number of hydrogen-bond acceptors (Lipinski definition) is 10. The third-order valence-electron chi connectivity index (χ3n) is 8.28. The maximum atomic E-state index is 13.8. The van der Waals surface area contributed by atoms with Crippen LogP contribution in [0.3, 0.4) is 0 Å². The van der Waals surface area contributed by atoms with Crippen molar-refractivity contribution in [1.29, 1.82) is 0 Å². The lowest BCUT2D eigenvalue weighted by Gasteiger charge is -2.23. The second-order valence-electron chi connectivity index (χ2n) is 11.4. The van der Waals surface area contributed by atoms with Crippen LogP contribution in [-0.4, -0.2) is 46.8 Å². The molecule has 1 saturated heterocycles. The van der Waals surface area contributed by atoms with E-state index in [2.05, 4.69) is 41.4 Å². The molecule has 0 spiro atoms. The number of benzene rings is 4. The van der Waals surface area contributed by atoms with Gasteiger partial charge in [0.15, 0.2) is 15.8 Å². The molecule has 244 valence electrons. The number of hydrogen-bond donors (Lipinski definition) is 1. The fourth-order valence-electron chi connectivity index (χ4n) is 5.92. The first-order valence-corrected chi connectivity index (χ1v) is 17.7. The lowest BCUT2D eigenvalue weighted by atomic mass is 9.95. The van der Waals surface area contributed by atoms with Crippen molar-refractivity contribution in [2.75, 3.05) is 24.7 Å². The summed E-state index contributed by atoms with van der Waals surface area (Å²) in [6.07, 6.45) is 3.03. The van der Waals surface area contributed by atoms with E-state index in [1.807, 2.05) is 42.5 Å². The number of anilines is 1. The quantitative estimate of drug-likeness (QED) is 0.0371. The number of Topliss-reactive ketones (excluding diaryl/α,β-unsaturated/α-hetero) is 1. The Morgan fingerprint density at radius 3 is 2.65 bits per heavy atom. The second-order valence-corrected chi connectivity index (χ2v) is 13.6. The molecule has 5 aromatic rings. The van der Waals surface area contributed by atoms with Crippen LogP contribution in [0.15, 0.2) is 94.8 Å². The zero-order chi connectivity index (χ0) is 33.0. The maximum Gasteiger partial charge on any atom is 0.301 e. The minimum Gasteiger partial charge on any atom is -0.507 e. The van der Waals surface area contributed by atoms with Crippen molar-refractivity contribution in [3.05, 3.63) is 107 Å². The van der Waals surface area contributed by atoms with E-state index in [-0.39, 0.29) is 16.5 Å². The normalized spacial score (nSPS) is 16.9. The third kappa shape index (κ3) is 6.35. The van der Waals surface area contributed by atoms with Gasteiger partial charge in [0.25, 0.3) is 5.78 Å². The van der Waals surface area contributed by atoms with Crippen LogP contribution in [0.1, 0.15) is 48.9 Å². The molecule has 2 aliphatic rings. The van der Waals surface area contributed by atoms with E-state index < -0.39 is 17.7 Å². The molecule has 0 radical (unpaired) electrons. The molecule has 1 atom stereocenters. The van der Waals surface area contributed by atoms with Crippen LogP contribution in [-0.2, 0) is 15.3 Å². The highest BCUT2D eigenvalue weighted by molar-refractivity contribution is 8.00. The molecule has 9 nitrogen and oxygen atoms in total. The smallest absolute Gasteiger partial charge is 0.301 e. The second kappa shape index (κ2) is 14.1. The largest absolute Gasteiger partial charge is 0.507 e. The van der Waals surface area contributed by atoms with Crippen LogP contribution in [0, 0.1) is 0 Å². The van der Waals surface area contributed by atoms with Gasteiger partial charge in [-0.3, -0.25) is 14.5 Å². The molecule has 1 unspecified atom stereocenters. The summed E-state index contributed by atoms with van der Waals surface area (Å²) < 4.78 is 18.0. The van der Waals surface area contributed by atoms with Crippen molar-refractivity contribution in [3.8, 4) is 17.2 Å². The Balaban J connectivity index is 1.24. The lowest BCUT2D eigenvalue weighted by Crippen LogP contribution is -2.29. The molecule has 48 heavy (non-hydrogen) atoms. The molecule has 1 N–H and O–H groups in total. The number of carbonyl (C=O) groups is 2. The lowest BCUT2D eigenvalue weighted by molar-refractivity contribution is -0.132. The Labute approximate surface area is 286 Å². The van der Waals surface area contributed by atoms with Crippen molar-refractivity contribution in [3.63, 3.8) is 0 Å². The molecule has 11 heteroatoms. The fourth-order valence-corrected chi connectivity index (χ4v) is 7.80. The molecular formula is C37H33N3O6S2. The van der Waals surface area contributed by atoms with E-state index >= 15 is 0 Å². The van der Waals surface area contributed by atoms with Crippen LogP contribution in [0.4, 0.5) is 5.13 Å². The standard InChI is InChI=1S/C37H33N3O6S2/c1-2-3-6-17-44-27-13-8-11-24(20-27)32-31(33(41)25-15-16-29-30(21-25)46-19-18-45-29)34(42)35(43)40(32)36-38-39-37(48-36)47-22-26-12-7-10-23-9-4-5-14-28(23)26/h4-5,7-16,20-21,32,41H,2-3,6,17-19,22H2,1H3. The van der Waals surface area contributed by atoms with Gasteiger partial charge in [-0.25, -0.2) is 0 Å². The first-order chi connectivity index (χ1) is 23.5. The zero-order valence-electron chi connectivity index (χ0n) is 26.3. The molecule has 0 bridgehead atoms. The summed E-state index contributed by atoms with van der Waals surface area (Å²) in [6.45, 7) is 3.46. The summed E-state index contributed by atoms with van der Waals surface area (Å²) in [5, 5.41) is 23.0. The van der Waals surface area contributed by atoms with Gasteiger partial charge in [0.1, 0.15) is 24.7 Å². The van der Waals surface area contributed by atoms with Crippen molar-refractivity contribution in [2.45, 2.75) is 42.3 Å². The van der Waals surface area contributed by atoms with Gasteiger partial charge in [-0.05, 0) is 58.7 Å². The van der Waals surface area contributed by atoms with E-state index in [9.17, 15) is 14.7 Å². The van der Waals surface area contributed by atoms with Gasteiger partial charge in [-0.1, -0.05) is 97.5 Å². The summed E-state index contributed by atoms with van der Waals surface area (Å²) in [5.74, 6) is 0.330. The van der Waals surface area contributed by atoms with Crippen LogP contribution < -0.4 is 19.1 Å². The van der Waals surface area contributed by atoms with Gasteiger partial charge >= 0.3 is 5.91 Å². The zero-order valence-corrected chi connectivity index (χ0v) is 27.9. The summed E-state index contributed by atoms with van der Waals surface area (Å²) >= 11 is 2.75. The van der Waals surface area contributed by atoms with E-state index in [0.717, 1.165) is 30.2 Å². The summed E-state index contributed by atoms with van der Waals surface area (Å²) in [4.78, 5) is 29.0. The van der Waals surface area contributed by atoms with Gasteiger partial charge in [0, 0.05) is 11.3 Å². The number of rotatable bonds is 11.